The maximum atomic E-state index is 13.0. The standard InChI is InChI=1S/C21H22N2O3/c1-21(2,3)18(24)13-23-17-12-15(26-4)10-11-16(17)22-20(23)19(25)14-8-6-5-7-9-14/h5-12H,13H2,1-4H3. The van der Waals surface area contributed by atoms with Crippen LogP contribution in [-0.4, -0.2) is 28.2 Å². The second-order valence-corrected chi connectivity index (χ2v) is 7.24. The number of ketones is 2. The Hall–Kier alpha value is -2.95. The number of ether oxygens (including phenoxy) is 1. The maximum absolute atomic E-state index is 13.0. The molecule has 5 nitrogen and oxygen atoms in total. The lowest BCUT2D eigenvalue weighted by atomic mass is 9.91. The summed E-state index contributed by atoms with van der Waals surface area (Å²) in [6, 6.07) is 14.4. The van der Waals surface area contributed by atoms with E-state index in [2.05, 4.69) is 4.98 Å². The van der Waals surface area contributed by atoms with Gasteiger partial charge in [0, 0.05) is 17.0 Å². The third kappa shape index (κ3) is 3.38. The number of Topliss-reactive ketones (excluding diaryl/α,β-unsaturated/α-hetero) is 1. The molecule has 0 fully saturated rings. The molecule has 2 aromatic carbocycles. The number of nitrogens with zero attached hydrogens (tertiary/aromatic N) is 2. The fraction of sp³-hybridized carbons (Fsp3) is 0.286. The molecule has 0 aliphatic heterocycles. The average Bonchev–Trinajstić information content (AvgIpc) is 2.98. The molecule has 26 heavy (non-hydrogen) atoms. The minimum absolute atomic E-state index is 0.0294. The zero-order valence-corrected chi connectivity index (χ0v) is 15.4. The highest BCUT2D eigenvalue weighted by Gasteiger charge is 2.26. The van der Waals surface area contributed by atoms with E-state index in [0.29, 0.717) is 22.3 Å². The van der Waals surface area contributed by atoms with Crippen molar-refractivity contribution in [3.63, 3.8) is 0 Å². The lowest BCUT2D eigenvalue weighted by Gasteiger charge is -2.18. The number of carbonyl (C=O) groups excluding carboxylic acids is 2. The predicted molar refractivity (Wildman–Crippen MR) is 101 cm³/mol. The summed E-state index contributed by atoms with van der Waals surface area (Å²) in [5.74, 6) is 0.738. The minimum Gasteiger partial charge on any atom is -0.497 e. The minimum atomic E-state index is -0.511. The number of fused-ring (bicyclic) bond motifs is 1. The van der Waals surface area contributed by atoms with E-state index >= 15 is 0 Å². The van der Waals surface area contributed by atoms with E-state index in [9.17, 15) is 9.59 Å². The molecule has 0 amide bonds. The second-order valence-electron chi connectivity index (χ2n) is 7.24. The maximum Gasteiger partial charge on any atom is 0.228 e. The van der Waals surface area contributed by atoms with Gasteiger partial charge in [-0.25, -0.2) is 4.98 Å². The predicted octanol–water partition coefficient (Wildman–Crippen LogP) is 3.89. The van der Waals surface area contributed by atoms with Crippen molar-refractivity contribution in [2.24, 2.45) is 5.41 Å². The highest BCUT2D eigenvalue weighted by molar-refractivity contribution is 6.08. The normalized spacial score (nSPS) is 11.5. The van der Waals surface area contributed by atoms with Gasteiger partial charge >= 0.3 is 0 Å². The van der Waals surface area contributed by atoms with Crippen LogP contribution in [0.3, 0.4) is 0 Å². The fourth-order valence-corrected chi connectivity index (χ4v) is 2.66. The number of hydrogen-bond donors (Lipinski definition) is 0. The number of aromatic nitrogens is 2. The Labute approximate surface area is 152 Å². The van der Waals surface area contributed by atoms with Crippen LogP contribution in [0.2, 0.25) is 0 Å². The van der Waals surface area contributed by atoms with Crippen LogP contribution in [-0.2, 0) is 11.3 Å². The Bertz CT molecular complexity index is 966. The third-order valence-electron chi connectivity index (χ3n) is 4.33. The van der Waals surface area contributed by atoms with Gasteiger partial charge in [0.1, 0.15) is 5.75 Å². The molecule has 3 rings (SSSR count). The molecule has 0 saturated carbocycles. The van der Waals surface area contributed by atoms with Gasteiger partial charge in [0.2, 0.25) is 5.78 Å². The summed E-state index contributed by atoms with van der Waals surface area (Å²) in [5.41, 5.74) is 1.40. The van der Waals surface area contributed by atoms with Gasteiger partial charge in [-0.1, -0.05) is 51.1 Å². The first-order valence-electron chi connectivity index (χ1n) is 8.48. The second kappa shape index (κ2) is 6.75. The summed E-state index contributed by atoms with van der Waals surface area (Å²) < 4.78 is 6.99. The topological polar surface area (TPSA) is 61.2 Å². The molecule has 3 aromatic rings. The van der Waals surface area contributed by atoms with Crippen LogP contribution >= 0.6 is 0 Å². The van der Waals surface area contributed by atoms with E-state index in [0.717, 1.165) is 0 Å². The van der Waals surface area contributed by atoms with Gasteiger partial charge in [-0.3, -0.25) is 9.59 Å². The largest absolute Gasteiger partial charge is 0.497 e. The molecule has 1 aromatic heterocycles. The third-order valence-corrected chi connectivity index (χ3v) is 4.33. The first kappa shape index (κ1) is 17.9. The number of carbonyl (C=O) groups is 2. The van der Waals surface area contributed by atoms with Crippen molar-refractivity contribution in [1.29, 1.82) is 0 Å². The number of benzene rings is 2. The molecular weight excluding hydrogens is 328 g/mol. The lowest BCUT2D eigenvalue weighted by Crippen LogP contribution is -2.26. The monoisotopic (exact) mass is 350 g/mol. The summed E-state index contributed by atoms with van der Waals surface area (Å²) >= 11 is 0. The quantitative estimate of drug-likeness (QED) is 0.655. The summed E-state index contributed by atoms with van der Waals surface area (Å²) in [7, 11) is 1.58. The number of methoxy groups -OCH3 is 1. The summed E-state index contributed by atoms with van der Waals surface area (Å²) in [6.07, 6.45) is 0. The van der Waals surface area contributed by atoms with Crippen molar-refractivity contribution in [1.82, 2.24) is 9.55 Å². The van der Waals surface area contributed by atoms with Gasteiger partial charge in [-0.15, -0.1) is 0 Å². The van der Waals surface area contributed by atoms with Crippen molar-refractivity contribution >= 4 is 22.6 Å². The van der Waals surface area contributed by atoms with Crippen LogP contribution in [0.1, 0.15) is 37.0 Å². The fourth-order valence-electron chi connectivity index (χ4n) is 2.66. The van der Waals surface area contributed by atoms with Gasteiger partial charge in [-0.05, 0) is 12.1 Å². The van der Waals surface area contributed by atoms with Crippen LogP contribution in [0, 0.1) is 5.41 Å². The van der Waals surface area contributed by atoms with E-state index in [1.807, 2.05) is 39.0 Å². The van der Waals surface area contributed by atoms with Crippen molar-refractivity contribution < 1.29 is 14.3 Å². The van der Waals surface area contributed by atoms with E-state index in [1.54, 1.807) is 42.0 Å². The molecule has 1 heterocycles. The van der Waals surface area contributed by atoms with E-state index in [1.165, 1.54) is 0 Å². The van der Waals surface area contributed by atoms with Crippen molar-refractivity contribution in [2.45, 2.75) is 27.3 Å². The molecule has 0 spiro atoms. The zero-order valence-electron chi connectivity index (χ0n) is 15.4. The van der Waals surface area contributed by atoms with Crippen LogP contribution < -0.4 is 4.74 Å². The molecular formula is C21H22N2O3. The van der Waals surface area contributed by atoms with Gasteiger partial charge in [0.15, 0.2) is 11.6 Å². The Morgan fingerprint density at radius 3 is 2.38 bits per heavy atom. The first-order valence-corrected chi connectivity index (χ1v) is 8.48. The van der Waals surface area contributed by atoms with Crippen molar-refractivity contribution in [2.75, 3.05) is 7.11 Å². The molecule has 0 atom stereocenters. The highest BCUT2D eigenvalue weighted by Crippen LogP contribution is 2.25. The van der Waals surface area contributed by atoms with E-state index in [-0.39, 0.29) is 23.9 Å². The number of hydrogen-bond acceptors (Lipinski definition) is 4. The summed E-state index contributed by atoms with van der Waals surface area (Å²) in [5, 5.41) is 0. The van der Waals surface area contributed by atoms with Gasteiger partial charge in [-0.2, -0.15) is 0 Å². The van der Waals surface area contributed by atoms with Crippen LogP contribution in [0.25, 0.3) is 11.0 Å². The van der Waals surface area contributed by atoms with Crippen LogP contribution in [0.5, 0.6) is 5.75 Å². The lowest BCUT2D eigenvalue weighted by molar-refractivity contribution is -0.126. The van der Waals surface area contributed by atoms with Crippen molar-refractivity contribution in [3.8, 4) is 5.75 Å². The van der Waals surface area contributed by atoms with Crippen LogP contribution in [0.15, 0.2) is 48.5 Å². The molecule has 134 valence electrons. The Morgan fingerprint density at radius 1 is 1.08 bits per heavy atom. The van der Waals surface area contributed by atoms with Crippen molar-refractivity contribution in [3.05, 3.63) is 59.9 Å². The van der Waals surface area contributed by atoms with Gasteiger partial charge < -0.3 is 9.30 Å². The Balaban J connectivity index is 2.16. The van der Waals surface area contributed by atoms with E-state index < -0.39 is 5.41 Å². The van der Waals surface area contributed by atoms with E-state index in [4.69, 9.17) is 4.74 Å². The summed E-state index contributed by atoms with van der Waals surface area (Å²) in [6.45, 7) is 5.69. The average molecular weight is 350 g/mol. The molecule has 0 aliphatic carbocycles. The smallest absolute Gasteiger partial charge is 0.228 e. The molecule has 0 aliphatic rings. The number of imidazole rings is 1. The van der Waals surface area contributed by atoms with Gasteiger partial charge in [0.05, 0.1) is 24.7 Å². The first-order chi connectivity index (χ1) is 12.3. The molecule has 0 unspecified atom stereocenters. The number of rotatable bonds is 5. The highest BCUT2D eigenvalue weighted by atomic mass is 16.5. The molecule has 0 bridgehead atoms. The SMILES string of the molecule is COc1ccc2nc(C(=O)c3ccccc3)n(CC(=O)C(C)(C)C)c2c1. The molecule has 0 radical (unpaired) electrons. The Morgan fingerprint density at radius 2 is 1.77 bits per heavy atom. The molecule has 0 saturated heterocycles. The Kier molecular flexibility index (Phi) is 4.64. The van der Waals surface area contributed by atoms with Gasteiger partial charge in [0.25, 0.3) is 0 Å². The summed E-state index contributed by atoms with van der Waals surface area (Å²) in [4.78, 5) is 30.2. The van der Waals surface area contributed by atoms with Crippen LogP contribution in [0.4, 0.5) is 0 Å². The molecule has 5 heteroatoms. The molecule has 0 N–H and O–H groups in total. The zero-order chi connectivity index (χ0) is 18.9.